The van der Waals surface area contributed by atoms with Crippen LogP contribution >= 0.6 is 15.9 Å². The first kappa shape index (κ1) is 17.4. The Hall–Kier alpha value is -1.69. The van der Waals surface area contributed by atoms with Crippen LogP contribution in [0.3, 0.4) is 0 Å². The van der Waals surface area contributed by atoms with Gasteiger partial charge in [0.2, 0.25) is 5.91 Å². The minimum Gasteiger partial charge on any atom is -0.352 e. The summed E-state index contributed by atoms with van der Waals surface area (Å²) >= 11 is 4.00. The van der Waals surface area contributed by atoms with Crippen LogP contribution in [0.2, 0.25) is 0 Å². The Balaban J connectivity index is 1.26. The molecule has 1 heterocycles. The Labute approximate surface area is 168 Å². The SMILES string of the molecule is O=C(NCc1cccc(Cn2cncn2)c1)C12C[C@H]3C[C@@H](CC(Br)(C3)C1)C2. The van der Waals surface area contributed by atoms with Gasteiger partial charge >= 0.3 is 0 Å². The highest BCUT2D eigenvalue weighted by Gasteiger charge is 2.59. The third-order valence-electron chi connectivity index (χ3n) is 6.73. The third-order valence-corrected chi connectivity index (χ3v) is 7.65. The van der Waals surface area contributed by atoms with Gasteiger partial charge in [-0.1, -0.05) is 40.2 Å². The summed E-state index contributed by atoms with van der Waals surface area (Å²) in [6, 6.07) is 8.36. The molecule has 4 aliphatic carbocycles. The predicted molar refractivity (Wildman–Crippen MR) is 106 cm³/mol. The van der Waals surface area contributed by atoms with E-state index in [1.54, 1.807) is 12.7 Å². The highest BCUT2D eigenvalue weighted by Crippen LogP contribution is 2.64. The number of hydrogen-bond donors (Lipinski definition) is 1. The van der Waals surface area contributed by atoms with Gasteiger partial charge in [0.05, 0.1) is 12.0 Å². The molecular weight excluding hydrogens is 404 g/mol. The number of amides is 1. The molecule has 0 spiro atoms. The molecule has 4 aliphatic rings. The van der Waals surface area contributed by atoms with Gasteiger partial charge in [0.15, 0.2) is 0 Å². The van der Waals surface area contributed by atoms with Gasteiger partial charge in [-0.2, -0.15) is 5.10 Å². The van der Waals surface area contributed by atoms with Gasteiger partial charge in [-0.15, -0.1) is 0 Å². The quantitative estimate of drug-likeness (QED) is 0.738. The van der Waals surface area contributed by atoms with Crippen molar-refractivity contribution in [2.24, 2.45) is 17.3 Å². The Kier molecular flexibility index (Phi) is 4.15. The summed E-state index contributed by atoms with van der Waals surface area (Å²) in [5.41, 5.74) is 2.16. The first-order valence-corrected chi connectivity index (χ1v) is 10.7. The van der Waals surface area contributed by atoms with Crippen molar-refractivity contribution in [3.05, 3.63) is 48.0 Å². The van der Waals surface area contributed by atoms with Gasteiger partial charge in [0, 0.05) is 10.9 Å². The molecule has 6 heteroatoms. The lowest BCUT2D eigenvalue weighted by molar-refractivity contribution is -0.144. The molecule has 4 bridgehead atoms. The number of carbonyl (C=O) groups is 1. The van der Waals surface area contributed by atoms with Crippen molar-refractivity contribution in [2.45, 2.75) is 55.9 Å². The number of nitrogens with one attached hydrogen (secondary N) is 1. The zero-order valence-electron chi connectivity index (χ0n) is 15.4. The maximum atomic E-state index is 13.2. The Bertz CT molecular complexity index is 836. The topological polar surface area (TPSA) is 59.8 Å². The molecule has 27 heavy (non-hydrogen) atoms. The molecule has 1 amide bonds. The predicted octanol–water partition coefficient (Wildman–Crippen LogP) is 3.68. The molecule has 1 N–H and O–H groups in total. The number of rotatable bonds is 5. The second-order valence-corrected chi connectivity index (χ2v) is 10.7. The van der Waals surface area contributed by atoms with Crippen LogP contribution in [0, 0.1) is 17.3 Å². The number of benzene rings is 1. The summed E-state index contributed by atoms with van der Waals surface area (Å²) in [5, 5.41) is 7.42. The van der Waals surface area contributed by atoms with E-state index < -0.39 is 0 Å². The minimum absolute atomic E-state index is 0.147. The summed E-state index contributed by atoms with van der Waals surface area (Å²) in [5.74, 6) is 1.71. The summed E-state index contributed by atoms with van der Waals surface area (Å²) in [6.07, 6.45) is 10.3. The lowest BCUT2D eigenvalue weighted by Crippen LogP contribution is -2.58. The average Bonchev–Trinajstić information content (AvgIpc) is 3.11. The fraction of sp³-hybridized carbons (Fsp3) is 0.571. The molecular formula is C21H25BrN4O. The molecule has 2 aromatic rings. The van der Waals surface area contributed by atoms with E-state index in [-0.39, 0.29) is 15.6 Å². The number of nitrogens with zero attached hydrogens (tertiary/aromatic N) is 3. The van der Waals surface area contributed by atoms with Crippen molar-refractivity contribution in [3.8, 4) is 0 Å². The van der Waals surface area contributed by atoms with Crippen LogP contribution in [0.25, 0.3) is 0 Å². The Morgan fingerprint density at radius 2 is 2.00 bits per heavy atom. The van der Waals surface area contributed by atoms with Gasteiger partial charge in [-0.3, -0.25) is 4.79 Å². The summed E-state index contributed by atoms with van der Waals surface area (Å²) in [6.45, 7) is 1.29. The summed E-state index contributed by atoms with van der Waals surface area (Å²) < 4.78 is 2.02. The maximum absolute atomic E-state index is 13.2. The van der Waals surface area contributed by atoms with Crippen molar-refractivity contribution in [2.75, 3.05) is 0 Å². The van der Waals surface area contributed by atoms with Crippen molar-refractivity contribution in [1.29, 1.82) is 0 Å². The average molecular weight is 429 g/mol. The molecule has 1 aromatic heterocycles. The molecule has 0 radical (unpaired) electrons. The summed E-state index contributed by atoms with van der Waals surface area (Å²) in [7, 11) is 0. The van der Waals surface area contributed by atoms with Crippen LogP contribution in [0.15, 0.2) is 36.9 Å². The molecule has 4 fully saturated rings. The summed E-state index contributed by atoms with van der Waals surface area (Å²) in [4.78, 5) is 17.2. The zero-order chi connectivity index (χ0) is 18.5. The van der Waals surface area contributed by atoms with Gasteiger partial charge in [-0.05, 0) is 61.5 Å². The van der Waals surface area contributed by atoms with Crippen LogP contribution in [0.1, 0.15) is 49.7 Å². The van der Waals surface area contributed by atoms with Crippen LogP contribution in [0.5, 0.6) is 0 Å². The van der Waals surface area contributed by atoms with E-state index in [4.69, 9.17) is 0 Å². The van der Waals surface area contributed by atoms with Crippen LogP contribution in [-0.2, 0) is 17.9 Å². The standard InChI is InChI=1S/C21H25BrN4O/c22-21-8-17-5-18(9-21)7-20(6-17,12-21)19(27)24-10-15-2-1-3-16(4-15)11-26-14-23-13-25-26/h1-4,13-14,17-18H,5-12H2,(H,24,27)/t17-,18-,20?,21?/m1/s1. The zero-order valence-corrected chi connectivity index (χ0v) is 17.0. The number of halogens is 1. The van der Waals surface area contributed by atoms with E-state index in [1.165, 1.54) is 24.8 Å². The Morgan fingerprint density at radius 1 is 1.22 bits per heavy atom. The second kappa shape index (κ2) is 6.43. The van der Waals surface area contributed by atoms with E-state index >= 15 is 0 Å². The van der Waals surface area contributed by atoms with Crippen LogP contribution in [0.4, 0.5) is 0 Å². The first-order chi connectivity index (χ1) is 13.0. The smallest absolute Gasteiger partial charge is 0.226 e. The number of alkyl halides is 1. The van der Waals surface area contributed by atoms with Crippen LogP contribution in [-0.4, -0.2) is 25.0 Å². The highest BCUT2D eigenvalue weighted by atomic mass is 79.9. The normalized spacial score (nSPS) is 34.0. The monoisotopic (exact) mass is 428 g/mol. The van der Waals surface area contributed by atoms with E-state index in [9.17, 15) is 4.79 Å². The Morgan fingerprint density at radius 3 is 2.70 bits per heavy atom. The highest BCUT2D eigenvalue weighted by molar-refractivity contribution is 9.10. The molecule has 0 aliphatic heterocycles. The fourth-order valence-electron chi connectivity index (χ4n) is 6.13. The van der Waals surface area contributed by atoms with Crippen LogP contribution < -0.4 is 5.32 Å². The molecule has 5 nitrogen and oxygen atoms in total. The third kappa shape index (κ3) is 3.33. The van der Waals surface area contributed by atoms with Gasteiger partial charge in [-0.25, -0.2) is 9.67 Å². The van der Waals surface area contributed by atoms with E-state index in [2.05, 4.69) is 49.5 Å². The number of carbonyl (C=O) groups excluding carboxylic acids is 1. The van der Waals surface area contributed by atoms with E-state index in [0.717, 1.165) is 36.7 Å². The molecule has 0 unspecified atom stereocenters. The van der Waals surface area contributed by atoms with E-state index in [0.29, 0.717) is 13.1 Å². The molecule has 4 saturated carbocycles. The number of hydrogen-bond acceptors (Lipinski definition) is 3. The van der Waals surface area contributed by atoms with Crippen molar-refractivity contribution >= 4 is 21.8 Å². The van der Waals surface area contributed by atoms with Crippen molar-refractivity contribution in [1.82, 2.24) is 20.1 Å². The molecule has 6 rings (SSSR count). The second-order valence-electron chi connectivity index (χ2n) is 8.99. The molecule has 2 atom stereocenters. The van der Waals surface area contributed by atoms with E-state index in [1.807, 2.05) is 10.7 Å². The molecule has 0 saturated heterocycles. The first-order valence-electron chi connectivity index (χ1n) is 9.89. The van der Waals surface area contributed by atoms with Gasteiger partial charge in [0.25, 0.3) is 0 Å². The minimum atomic E-state index is -0.147. The molecule has 142 valence electrons. The maximum Gasteiger partial charge on any atom is 0.226 e. The largest absolute Gasteiger partial charge is 0.352 e. The van der Waals surface area contributed by atoms with Crippen molar-refractivity contribution < 1.29 is 4.79 Å². The van der Waals surface area contributed by atoms with Gasteiger partial charge < -0.3 is 5.32 Å². The van der Waals surface area contributed by atoms with Gasteiger partial charge in [0.1, 0.15) is 12.7 Å². The molecule has 1 aromatic carbocycles. The number of aromatic nitrogens is 3. The van der Waals surface area contributed by atoms with Crippen molar-refractivity contribution in [3.63, 3.8) is 0 Å². The lowest BCUT2D eigenvalue weighted by Gasteiger charge is -2.59. The lowest BCUT2D eigenvalue weighted by atomic mass is 9.49. The fourth-order valence-corrected chi connectivity index (χ4v) is 7.58.